The van der Waals surface area contributed by atoms with Gasteiger partial charge in [0.1, 0.15) is 0 Å². The van der Waals surface area contributed by atoms with Crippen LogP contribution in [0.25, 0.3) is 0 Å². The van der Waals surface area contributed by atoms with Gasteiger partial charge in [0.25, 0.3) is 0 Å². The number of nitrogens with one attached hydrogen (secondary N) is 1. The zero-order valence-corrected chi connectivity index (χ0v) is 11.6. The summed E-state index contributed by atoms with van der Waals surface area (Å²) in [7, 11) is 0. The summed E-state index contributed by atoms with van der Waals surface area (Å²) in [5.74, 6) is 0. The fourth-order valence-electron chi connectivity index (χ4n) is 3.11. The molecular formula is C14H28N2O. The van der Waals surface area contributed by atoms with E-state index in [1.165, 1.54) is 38.9 Å². The second kappa shape index (κ2) is 5.25. The highest BCUT2D eigenvalue weighted by atomic mass is 16.3. The van der Waals surface area contributed by atoms with Gasteiger partial charge < -0.3 is 15.3 Å². The van der Waals surface area contributed by atoms with Crippen LogP contribution >= 0.6 is 0 Å². The third kappa shape index (κ3) is 2.83. The van der Waals surface area contributed by atoms with E-state index in [-0.39, 0.29) is 11.5 Å². The second-order valence-corrected chi connectivity index (χ2v) is 6.35. The largest absolute Gasteiger partial charge is 0.392 e. The number of hydrogen-bond donors (Lipinski definition) is 2. The van der Waals surface area contributed by atoms with E-state index in [9.17, 15) is 5.11 Å². The van der Waals surface area contributed by atoms with Crippen LogP contribution < -0.4 is 5.32 Å². The number of nitrogens with zero attached hydrogens (tertiary/aromatic N) is 1. The van der Waals surface area contributed by atoms with Gasteiger partial charge in [-0.1, -0.05) is 20.8 Å². The highest BCUT2D eigenvalue weighted by Crippen LogP contribution is 2.40. The summed E-state index contributed by atoms with van der Waals surface area (Å²) in [6.45, 7) is 10.3. The molecule has 1 saturated heterocycles. The van der Waals surface area contributed by atoms with Crippen LogP contribution in [0.1, 0.15) is 46.5 Å². The molecule has 100 valence electrons. The Labute approximate surface area is 106 Å². The zero-order chi connectivity index (χ0) is 12.5. The first-order chi connectivity index (χ1) is 8.04. The molecule has 1 heterocycles. The summed E-state index contributed by atoms with van der Waals surface area (Å²) in [6.07, 6.45) is 4.68. The van der Waals surface area contributed by atoms with Crippen molar-refractivity contribution in [3.05, 3.63) is 0 Å². The van der Waals surface area contributed by atoms with Crippen molar-refractivity contribution in [2.45, 2.75) is 64.6 Å². The van der Waals surface area contributed by atoms with Crippen LogP contribution in [0.4, 0.5) is 0 Å². The Morgan fingerprint density at radius 2 is 2.06 bits per heavy atom. The Morgan fingerprint density at radius 1 is 1.29 bits per heavy atom. The molecule has 3 atom stereocenters. The maximum atomic E-state index is 9.76. The van der Waals surface area contributed by atoms with Crippen molar-refractivity contribution in [1.82, 2.24) is 10.2 Å². The highest BCUT2D eigenvalue weighted by Gasteiger charge is 2.47. The Kier molecular flexibility index (Phi) is 4.11. The smallest absolute Gasteiger partial charge is 0.0621 e. The average Bonchev–Trinajstić information content (AvgIpc) is 2.54. The van der Waals surface area contributed by atoms with Crippen molar-refractivity contribution in [3.63, 3.8) is 0 Å². The molecule has 1 aliphatic carbocycles. The van der Waals surface area contributed by atoms with Gasteiger partial charge in [0, 0.05) is 17.5 Å². The molecule has 2 rings (SSSR count). The summed E-state index contributed by atoms with van der Waals surface area (Å²) in [4.78, 5) is 2.54. The first-order valence-corrected chi connectivity index (χ1v) is 7.20. The number of aliphatic hydroxyl groups is 1. The van der Waals surface area contributed by atoms with Gasteiger partial charge in [0.15, 0.2) is 0 Å². The number of rotatable bonds is 3. The van der Waals surface area contributed by atoms with E-state index in [2.05, 4.69) is 31.0 Å². The standard InChI is InChI=1S/C14H28N2O/c1-4-16-8-5-6-11(7-9-16)15-12-10-13(17)14(12,2)3/h11-13,15,17H,4-10H2,1-3H3. The van der Waals surface area contributed by atoms with Crippen molar-refractivity contribution in [2.24, 2.45) is 5.41 Å². The molecule has 17 heavy (non-hydrogen) atoms. The van der Waals surface area contributed by atoms with E-state index in [0.29, 0.717) is 12.1 Å². The van der Waals surface area contributed by atoms with E-state index in [1.54, 1.807) is 0 Å². The Balaban J connectivity index is 1.80. The van der Waals surface area contributed by atoms with Gasteiger partial charge in [-0.05, 0) is 45.3 Å². The van der Waals surface area contributed by atoms with Gasteiger partial charge in [-0.3, -0.25) is 0 Å². The van der Waals surface area contributed by atoms with Crippen LogP contribution in [0, 0.1) is 5.41 Å². The molecule has 1 saturated carbocycles. The molecule has 2 fully saturated rings. The van der Waals surface area contributed by atoms with E-state index in [1.807, 2.05) is 0 Å². The SMILES string of the molecule is CCN1CCCC(NC2CC(O)C2(C)C)CC1. The van der Waals surface area contributed by atoms with Crippen LogP contribution in [0.5, 0.6) is 0 Å². The Morgan fingerprint density at radius 3 is 2.65 bits per heavy atom. The normalized spacial score (nSPS) is 38.5. The fourth-order valence-corrected chi connectivity index (χ4v) is 3.11. The molecule has 0 amide bonds. The number of hydrogen-bond acceptors (Lipinski definition) is 3. The molecule has 3 unspecified atom stereocenters. The predicted octanol–water partition coefficient (Wildman–Crippen LogP) is 1.61. The monoisotopic (exact) mass is 240 g/mol. The van der Waals surface area contributed by atoms with Crippen molar-refractivity contribution in [3.8, 4) is 0 Å². The lowest BCUT2D eigenvalue weighted by Crippen LogP contribution is -2.62. The molecular weight excluding hydrogens is 212 g/mol. The van der Waals surface area contributed by atoms with Crippen molar-refractivity contribution >= 4 is 0 Å². The minimum Gasteiger partial charge on any atom is -0.392 e. The molecule has 0 aromatic carbocycles. The lowest BCUT2D eigenvalue weighted by atomic mass is 9.64. The third-order valence-electron chi connectivity index (χ3n) is 4.92. The molecule has 3 nitrogen and oxygen atoms in total. The predicted molar refractivity (Wildman–Crippen MR) is 71.1 cm³/mol. The van der Waals surface area contributed by atoms with Crippen LogP contribution in [-0.4, -0.2) is 47.8 Å². The van der Waals surface area contributed by atoms with Crippen LogP contribution in [0.15, 0.2) is 0 Å². The van der Waals surface area contributed by atoms with Crippen molar-refractivity contribution < 1.29 is 5.11 Å². The molecule has 0 spiro atoms. The van der Waals surface area contributed by atoms with Gasteiger partial charge >= 0.3 is 0 Å². The van der Waals surface area contributed by atoms with Gasteiger partial charge in [0.05, 0.1) is 6.10 Å². The molecule has 0 radical (unpaired) electrons. The zero-order valence-electron chi connectivity index (χ0n) is 11.6. The molecule has 1 aliphatic heterocycles. The quantitative estimate of drug-likeness (QED) is 0.787. The van der Waals surface area contributed by atoms with E-state index >= 15 is 0 Å². The Bertz CT molecular complexity index is 255. The first kappa shape index (κ1) is 13.3. The van der Waals surface area contributed by atoms with Crippen LogP contribution in [0.2, 0.25) is 0 Å². The maximum Gasteiger partial charge on any atom is 0.0621 e. The molecule has 0 bridgehead atoms. The van der Waals surface area contributed by atoms with E-state index in [0.717, 1.165) is 6.42 Å². The summed E-state index contributed by atoms with van der Waals surface area (Å²) in [5, 5.41) is 13.5. The Hall–Kier alpha value is -0.120. The average molecular weight is 240 g/mol. The highest BCUT2D eigenvalue weighted by molar-refractivity contribution is 5.02. The van der Waals surface area contributed by atoms with Crippen LogP contribution in [-0.2, 0) is 0 Å². The number of likely N-dealkylation sites (tertiary alicyclic amines) is 1. The molecule has 2 N–H and O–H groups in total. The van der Waals surface area contributed by atoms with Gasteiger partial charge in [-0.25, -0.2) is 0 Å². The molecule has 0 aromatic rings. The second-order valence-electron chi connectivity index (χ2n) is 6.35. The van der Waals surface area contributed by atoms with Crippen molar-refractivity contribution in [1.29, 1.82) is 0 Å². The lowest BCUT2D eigenvalue weighted by Gasteiger charge is -2.51. The van der Waals surface area contributed by atoms with Crippen LogP contribution in [0.3, 0.4) is 0 Å². The number of aliphatic hydroxyl groups excluding tert-OH is 1. The van der Waals surface area contributed by atoms with Gasteiger partial charge in [-0.15, -0.1) is 0 Å². The minimum absolute atomic E-state index is 0.0662. The summed E-state index contributed by atoms with van der Waals surface area (Å²) in [6, 6.07) is 1.17. The summed E-state index contributed by atoms with van der Waals surface area (Å²) in [5.41, 5.74) is 0.0662. The molecule has 0 aromatic heterocycles. The molecule has 2 aliphatic rings. The molecule has 3 heteroatoms. The first-order valence-electron chi connectivity index (χ1n) is 7.20. The van der Waals surface area contributed by atoms with Crippen molar-refractivity contribution in [2.75, 3.05) is 19.6 Å². The minimum atomic E-state index is -0.113. The van der Waals surface area contributed by atoms with E-state index < -0.39 is 0 Å². The van der Waals surface area contributed by atoms with Gasteiger partial charge in [0.2, 0.25) is 0 Å². The summed E-state index contributed by atoms with van der Waals surface area (Å²) >= 11 is 0. The topological polar surface area (TPSA) is 35.5 Å². The maximum absolute atomic E-state index is 9.76. The third-order valence-corrected chi connectivity index (χ3v) is 4.92. The van der Waals surface area contributed by atoms with E-state index in [4.69, 9.17) is 0 Å². The van der Waals surface area contributed by atoms with Gasteiger partial charge in [-0.2, -0.15) is 0 Å². The summed E-state index contributed by atoms with van der Waals surface area (Å²) < 4.78 is 0. The lowest BCUT2D eigenvalue weighted by molar-refractivity contribution is -0.0763. The fraction of sp³-hybridized carbons (Fsp3) is 1.00.